The normalized spacial score (nSPS) is 11.4. The first-order chi connectivity index (χ1) is 10.3. The van der Waals surface area contributed by atoms with E-state index < -0.39 is 16.1 Å². The molecule has 22 heavy (non-hydrogen) atoms. The van der Waals surface area contributed by atoms with Gasteiger partial charge in [-0.2, -0.15) is 0 Å². The first kappa shape index (κ1) is 21.6. The molecule has 0 aromatic heterocycles. The second-order valence-corrected chi connectivity index (χ2v) is 16.9. The van der Waals surface area contributed by atoms with E-state index >= 15 is 0 Å². The van der Waals surface area contributed by atoms with Gasteiger partial charge in [0.2, 0.25) is 0 Å². The largest absolute Gasteiger partial charge is 0.133 e. The molecule has 0 aliphatic carbocycles. The lowest BCUT2D eigenvalue weighted by Gasteiger charge is -2.14. The van der Waals surface area contributed by atoms with Crippen molar-refractivity contribution < 1.29 is 0 Å². The topological polar surface area (TPSA) is 0 Å². The van der Waals surface area contributed by atoms with Crippen LogP contribution in [0.4, 0.5) is 0 Å². The Kier molecular flexibility index (Phi) is 11.8. The maximum absolute atomic E-state index is 3.52. The average Bonchev–Trinajstić information content (AvgIpc) is 2.45. The molecule has 0 aliphatic rings. The van der Waals surface area contributed by atoms with Crippen molar-refractivity contribution in [2.75, 3.05) is 0 Å². The first-order valence-electron chi connectivity index (χ1n) is 9.37. The summed E-state index contributed by atoms with van der Waals surface area (Å²) in [5.74, 6) is 6.42. The molecule has 0 saturated carbocycles. The molecule has 0 aromatic carbocycles. The lowest BCUT2D eigenvalue weighted by molar-refractivity contribution is 0.697. The molecule has 0 unspecified atom stereocenters. The van der Waals surface area contributed by atoms with Crippen LogP contribution in [0.25, 0.3) is 0 Å². The van der Waals surface area contributed by atoms with Crippen LogP contribution in [0.2, 0.25) is 38.3 Å². The van der Waals surface area contributed by atoms with Gasteiger partial charge in [0.25, 0.3) is 0 Å². The molecule has 0 N–H and O–H groups in total. The summed E-state index contributed by atoms with van der Waals surface area (Å²) in [6, 6.07) is 2.67. The van der Waals surface area contributed by atoms with Gasteiger partial charge in [0, 0.05) is 0 Å². The fourth-order valence-electron chi connectivity index (χ4n) is 2.51. The SMILES string of the molecule is CCCCCC[Si](C)(C)C#CC#C[Si](C)(C)CCCCCC. The average molecular weight is 335 g/mol. The van der Waals surface area contributed by atoms with E-state index in [1.165, 1.54) is 63.5 Å². The van der Waals surface area contributed by atoms with Crippen LogP contribution in [0.15, 0.2) is 0 Å². The van der Waals surface area contributed by atoms with Gasteiger partial charge in [-0.15, -0.1) is 11.1 Å². The van der Waals surface area contributed by atoms with Gasteiger partial charge in [0.05, 0.1) is 0 Å². The minimum atomic E-state index is -1.33. The van der Waals surface area contributed by atoms with E-state index in [4.69, 9.17) is 0 Å². The summed E-state index contributed by atoms with van der Waals surface area (Å²) < 4.78 is 0. The smallest absolute Gasteiger partial charge is 0.118 e. The Morgan fingerprint density at radius 3 is 1.23 bits per heavy atom. The Bertz CT molecular complexity index is 359. The van der Waals surface area contributed by atoms with Crippen LogP contribution >= 0.6 is 0 Å². The van der Waals surface area contributed by atoms with E-state index in [0.717, 1.165) is 0 Å². The lowest BCUT2D eigenvalue weighted by atomic mass is 10.2. The molecule has 0 radical (unpaired) electrons. The molecule has 0 saturated heterocycles. The zero-order valence-corrected chi connectivity index (χ0v) is 18.1. The molecular weight excluding hydrogens is 296 g/mol. The molecule has 0 nitrogen and oxygen atoms in total. The molecule has 2 heteroatoms. The number of rotatable bonds is 10. The van der Waals surface area contributed by atoms with Crippen molar-refractivity contribution in [3.8, 4) is 22.9 Å². The summed E-state index contributed by atoms with van der Waals surface area (Å²) in [4.78, 5) is 0. The van der Waals surface area contributed by atoms with E-state index in [-0.39, 0.29) is 0 Å². The van der Waals surface area contributed by atoms with Gasteiger partial charge in [-0.3, -0.25) is 0 Å². The van der Waals surface area contributed by atoms with Crippen molar-refractivity contribution in [1.82, 2.24) is 0 Å². The number of hydrogen-bond donors (Lipinski definition) is 0. The minimum absolute atomic E-state index is 1.32. The molecule has 0 amide bonds. The summed E-state index contributed by atoms with van der Waals surface area (Å²) in [5.41, 5.74) is 7.04. The summed E-state index contributed by atoms with van der Waals surface area (Å²) in [7, 11) is -2.67. The summed E-state index contributed by atoms with van der Waals surface area (Å²) in [6.07, 6.45) is 10.8. The Morgan fingerprint density at radius 2 is 0.909 bits per heavy atom. The second kappa shape index (κ2) is 12.0. The highest BCUT2D eigenvalue weighted by Gasteiger charge is 2.18. The van der Waals surface area contributed by atoms with Gasteiger partial charge >= 0.3 is 0 Å². The second-order valence-electron chi connectivity index (χ2n) is 7.89. The number of hydrogen-bond acceptors (Lipinski definition) is 0. The van der Waals surface area contributed by atoms with Crippen LogP contribution in [0.5, 0.6) is 0 Å². The minimum Gasteiger partial charge on any atom is -0.118 e. The molecular formula is C20H38Si2. The van der Waals surface area contributed by atoms with Crippen LogP contribution in [-0.4, -0.2) is 16.1 Å². The fourth-order valence-corrected chi connectivity index (χ4v) is 5.83. The summed E-state index contributed by atoms with van der Waals surface area (Å²) in [5, 5.41) is 0. The van der Waals surface area contributed by atoms with E-state index in [1.807, 2.05) is 0 Å². The third kappa shape index (κ3) is 13.2. The van der Waals surface area contributed by atoms with E-state index in [1.54, 1.807) is 0 Å². The van der Waals surface area contributed by atoms with Crippen LogP contribution in [0, 0.1) is 22.9 Å². The van der Waals surface area contributed by atoms with Gasteiger partial charge in [0.15, 0.2) is 0 Å². The highest BCUT2D eigenvalue weighted by atomic mass is 28.3. The predicted molar refractivity (Wildman–Crippen MR) is 108 cm³/mol. The molecule has 0 atom stereocenters. The van der Waals surface area contributed by atoms with Crippen molar-refractivity contribution in [2.45, 2.75) is 103 Å². The van der Waals surface area contributed by atoms with Gasteiger partial charge in [-0.05, 0) is 23.9 Å². The zero-order valence-electron chi connectivity index (χ0n) is 16.1. The maximum Gasteiger partial charge on any atom is 0.133 e. The molecule has 0 aliphatic heterocycles. The highest BCUT2D eigenvalue weighted by Crippen LogP contribution is 2.15. The Labute approximate surface area is 142 Å². The van der Waals surface area contributed by atoms with Crippen molar-refractivity contribution in [3.05, 3.63) is 0 Å². The number of unbranched alkanes of at least 4 members (excludes halogenated alkanes) is 6. The Morgan fingerprint density at radius 1 is 0.545 bits per heavy atom. The maximum atomic E-state index is 3.52. The van der Waals surface area contributed by atoms with Gasteiger partial charge in [0.1, 0.15) is 16.1 Å². The van der Waals surface area contributed by atoms with Gasteiger partial charge in [-0.25, -0.2) is 0 Å². The molecule has 0 aromatic rings. The lowest BCUT2D eigenvalue weighted by Crippen LogP contribution is -2.23. The van der Waals surface area contributed by atoms with Crippen LogP contribution in [0.3, 0.4) is 0 Å². The van der Waals surface area contributed by atoms with Crippen LogP contribution < -0.4 is 0 Å². The van der Waals surface area contributed by atoms with E-state index in [2.05, 4.69) is 63.0 Å². The fraction of sp³-hybridized carbons (Fsp3) is 0.800. The third-order valence-corrected chi connectivity index (χ3v) is 8.99. The van der Waals surface area contributed by atoms with Crippen molar-refractivity contribution in [2.24, 2.45) is 0 Å². The molecule has 0 rings (SSSR count). The first-order valence-corrected chi connectivity index (χ1v) is 15.8. The van der Waals surface area contributed by atoms with Gasteiger partial charge < -0.3 is 0 Å². The molecule has 126 valence electrons. The van der Waals surface area contributed by atoms with Crippen LogP contribution in [-0.2, 0) is 0 Å². The van der Waals surface area contributed by atoms with E-state index in [0.29, 0.717) is 0 Å². The highest BCUT2D eigenvalue weighted by molar-refractivity contribution is 6.85. The van der Waals surface area contributed by atoms with Gasteiger partial charge in [-0.1, -0.05) is 91.4 Å². The molecule has 0 heterocycles. The summed E-state index contributed by atoms with van der Waals surface area (Å²) in [6.45, 7) is 14.1. The Hall–Kier alpha value is -0.446. The van der Waals surface area contributed by atoms with Crippen molar-refractivity contribution >= 4 is 16.1 Å². The van der Waals surface area contributed by atoms with Crippen molar-refractivity contribution in [3.63, 3.8) is 0 Å². The Balaban J connectivity index is 4.24. The van der Waals surface area contributed by atoms with Crippen LogP contribution in [0.1, 0.15) is 65.2 Å². The monoisotopic (exact) mass is 334 g/mol. The molecule has 0 fully saturated rings. The predicted octanol–water partition coefficient (Wildman–Crippen LogP) is 6.65. The standard InChI is InChI=1S/C20H38Si2/c1-7-9-11-13-17-21(3,4)19-15-16-20-22(5,6)18-14-12-10-8-2/h7-14,17-18H2,1-6H3. The van der Waals surface area contributed by atoms with E-state index in [9.17, 15) is 0 Å². The molecule has 0 spiro atoms. The summed E-state index contributed by atoms with van der Waals surface area (Å²) >= 11 is 0. The van der Waals surface area contributed by atoms with Crippen molar-refractivity contribution in [1.29, 1.82) is 0 Å². The molecule has 0 bridgehead atoms. The third-order valence-electron chi connectivity index (χ3n) is 4.17. The zero-order chi connectivity index (χ0) is 16.9. The quantitative estimate of drug-likeness (QED) is 0.238.